The second kappa shape index (κ2) is 6.64. The smallest absolute Gasteiger partial charge is 0.267 e. The third kappa shape index (κ3) is 3.87. The van der Waals surface area contributed by atoms with E-state index in [2.05, 4.69) is 24.1 Å². The fourth-order valence-corrected chi connectivity index (χ4v) is 3.71. The molecular formula is C15H26N4OS. The number of anilines is 2. The van der Waals surface area contributed by atoms with Crippen LogP contribution >= 0.6 is 11.3 Å². The second-order valence-corrected chi connectivity index (χ2v) is 7.41. The molecule has 2 heterocycles. The Labute approximate surface area is 130 Å². The summed E-state index contributed by atoms with van der Waals surface area (Å²) < 4.78 is 0. The number of thiazole rings is 1. The molecule has 3 N–H and O–H groups in total. The van der Waals surface area contributed by atoms with Crippen molar-refractivity contribution in [2.24, 2.45) is 11.8 Å². The highest BCUT2D eigenvalue weighted by Crippen LogP contribution is 2.30. The normalized spacial score (nSPS) is 16.8. The summed E-state index contributed by atoms with van der Waals surface area (Å²) in [4.78, 5) is 19.3. The third-order valence-corrected chi connectivity index (χ3v) is 5.02. The molecule has 118 valence electrons. The number of aromatic nitrogens is 1. The molecule has 1 amide bonds. The number of likely N-dealkylation sites (tertiary alicyclic amines) is 1. The maximum atomic E-state index is 12.6. The molecule has 1 aromatic rings. The van der Waals surface area contributed by atoms with Crippen molar-refractivity contribution < 1.29 is 4.79 Å². The Balaban J connectivity index is 2.02. The number of nitrogens with zero attached hydrogens (tertiary/aromatic N) is 2. The quantitative estimate of drug-likeness (QED) is 0.896. The van der Waals surface area contributed by atoms with Gasteiger partial charge in [0.1, 0.15) is 10.7 Å². The van der Waals surface area contributed by atoms with Gasteiger partial charge in [-0.2, -0.15) is 0 Å². The van der Waals surface area contributed by atoms with Crippen LogP contribution < -0.4 is 11.1 Å². The van der Waals surface area contributed by atoms with Gasteiger partial charge < -0.3 is 16.0 Å². The number of hydrogen-bond acceptors (Lipinski definition) is 5. The lowest BCUT2D eigenvalue weighted by molar-refractivity contribution is 0.0673. The van der Waals surface area contributed by atoms with E-state index >= 15 is 0 Å². The molecule has 1 aliphatic rings. The van der Waals surface area contributed by atoms with Gasteiger partial charge in [0.25, 0.3) is 5.91 Å². The molecule has 0 saturated carbocycles. The monoisotopic (exact) mass is 310 g/mol. The molecule has 6 heteroatoms. The summed E-state index contributed by atoms with van der Waals surface area (Å²) in [6.45, 7) is 10.2. The van der Waals surface area contributed by atoms with Crippen LogP contribution in [0.1, 0.15) is 50.2 Å². The summed E-state index contributed by atoms with van der Waals surface area (Å²) >= 11 is 1.36. The predicted molar refractivity (Wildman–Crippen MR) is 88.8 cm³/mol. The fourth-order valence-electron chi connectivity index (χ4n) is 2.71. The minimum atomic E-state index is 0.0315. The molecule has 0 aliphatic carbocycles. The van der Waals surface area contributed by atoms with Crippen LogP contribution in [0.25, 0.3) is 0 Å². The molecule has 0 bridgehead atoms. The van der Waals surface area contributed by atoms with E-state index in [1.807, 2.05) is 18.7 Å². The number of nitrogen functional groups attached to an aromatic ring is 1. The van der Waals surface area contributed by atoms with Crippen LogP contribution in [0.2, 0.25) is 0 Å². The van der Waals surface area contributed by atoms with E-state index in [4.69, 9.17) is 5.73 Å². The summed E-state index contributed by atoms with van der Waals surface area (Å²) in [6, 6.07) is 0.278. The molecule has 0 radical (unpaired) electrons. The van der Waals surface area contributed by atoms with Crippen LogP contribution in [0.15, 0.2) is 0 Å². The Morgan fingerprint density at radius 2 is 1.95 bits per heavy atom. The topological polar surface area (TPSA) is 71.2 Å². The lowest BCUT2D eigenvalue weighted by Crippen LogP contribution is -2.39. The Kier molecular flexibility index (Phi) is 5.08. The van der Waals surface area contributed by atoms with Crippen LogP contribution in [-0.2, 0) is 0 Å². The summed E-state index contributed by atoms with van der Waals surface area (Å²) in [5.41, 5.74) is 5.91. The Morgan fingerprint density at radius 1 is 1.33 bits per heavy atom. The molecule has 1 aromatic heterocycles. The SMILES string of the molecule is CC(C)Nc1nc(N)c(C(=O)N2CCC(C(C)C)CC2)s1. The van der Waals surface area contributed by atoms with Crippen LogP contribution in [0.4, 0.5) is 10.9 Å². The molecule has 0 unspecified atom stereocenters. The van der Waals surface area contributed by atoms with Crippen molar-refractivity contribution in [1.29, 1.82) is 0 Å². The number of nitrogens with two attached hydrogens (primary N) is 1. The van der Waals surface area contributed by atoms with Crippen molar-refractivity contribution in [2.45, 2.75) is 46.6 Å². The van der Waals surface area contributed by atoms with Crippen molar-refractivity contribution in [3.05, 3.63) is 4.88 Å². The molecular weight excluding hydrogens is 284 g/mol. The van der Waals surface area contributed by atoms with Crippen LogP contribution in [0.3, 0.4) is 0 Å². The van der Waals surface area contributed by atoms with Gasteiger partial charge in [0.05, 0.1) is 0 Å². The lowest BCUT2D eigenvalue weighted by Gasteiger charge is -2.33. The summed E-state index contributed by atoms with van der Waals surface area (Å²) in [5.74, 6) is 1.80. The lowest BCUT2D eigenvalue weighted by atomic mass is 9.87. The van der Waals surface area contributed by atoms with Crippen molar-refractivity contribution >= 4 is 28.2 Å². The summed E-state index contributed by atoms with van der Waals surface area (Å²) in [6.07, 6.45) is 2.17. The summed E-state index contributed by atoms with van der Waals surface area (Å²) in [5, 5.41) is 3.93. The van der Waals surface area contributed by atoms with Gasteiger partial charge in [0.15, 0.2) is 5.13 Å². The molecule has 2 rings (SSSR count). The van der Waals surface area contributed by atoms with E-state index in [0.29, 0.717) is 16.6 Å². The standard InChI is InChI=1S/C15H26N4OS/c1-9(2)11-5-7-19(8-6-11)14(20)12-13(16)18-15(21-12)17-10(3)4/h9-11H,5-8,16H2,1-4H3,(H,17,18). The number of carbonyl (C=O) groups excluding carboxylic acids is 1. The first-order chi connectivity index (χ1) is 9.88. The van der Waals surface area contributed by atoms with Gasteiger partial charge >= 0.3 is 0 Å². The number of hydrogen-bond donors (Lipinski definition) is 2. The highest BCUT2D eigenvalue weighted by Gasteiger charge is 2.27. The molecule has 5 nitrogen and oxygen atoms in total. The Morgan fingerprint density at radius 3 is 2.48 bits per heavy atom. The fraction of sp³-hybridized carbons (Fsp3) is 0.733. The van der Waals surface area contributed by atoms with Crippen molar-refractivity contribution in [3.8, 4) is 0 Å². The summed E-state index contributed by atoms with van der Waals surface area (Å²) in [7, 11) is 0. The number of piperidine rings is 1. The van der Waals surface area contributed by atoms with Crippen molar-refractivity contribution in [1.82, 2.24) is 9.88 Å². The van der Waals surface area contributed by atoms with Crippen LogP contribution in [0, 0.1) is 11.8 Å². The zero-order valence-corrected chi connectivity index (χ0v) is 14.2. The van der Waals surface area contributed by atoms with E-state index in [1.54, 1.807) is 0 Å². The molecule has 0 aromatic carbocycles. The number of carbonyl (C=O) groups is 1. The van der Waals surface area contributed by atoms with E-state index in [-0.39, 0.29) is 11.9 Å². The van der Waals surface area contributed by atoms with E-state index < -0.39 is 0 Å². The Bertz CT molecular complexity index is 490. The maximum absolute atomic E-state index is 12.6. The molecule has 0 atom stereocenters. The minimum absolute atomic E-state index is 0.0315. The van der Waals surface area contributed by atoms with E-state index in [1.165, 1.54) is 11.3 Å². The second-order valence-electron chi connectivity index (χ2n) is 6.41. The zero-order valence-electron chi connectivity index (χ0n) is 13.3. The van der Waals surface area contributed by atoms with E-state index in [9.17, 15) is 4.79 Å². The van der Waals surface area contributed by atoms with E-state index in [0.717, 1.165) is 37.0 Å². The van der Waals surface area contributed by atoms with Gasteiger partial charge in [-0.1, -0.05) is 25.2 Å². The van der Waals surface area contributed by atoms with Crippen molar-refractivity contribution in [2.75, 3.05) is 24.1 Å². The average Bonchev–Trinajstić information content (AvgIpc) is 2.78. The van der Waals surface area contributed by atoms with Crippen LogP contribution in [-0.4, -0.2) is 34.9 Å². The number of amides is 1. The largest absolute Gasteiger partial charge is 0.382 e. The van der Waals surface area contributed by atoms with Gasteiger partial charge in [-0.05, 0) is 38.5 Å². The molecule has 1 fully saturated rings. The van der Waals surface area contributed by atoms with Gasteiger partial charge in [-0.15, -0.1) is 0 Å². The van der Waals surface area contributed by atoms with Crippen LogP contribution in [0.5, 0.6) is 0 Å². The highest BCUT2D eigenvalue weighted by atomic mass is 32.1. The van der Waals surface area contributed by atoms with Gasteiger partial charge in [-0.25, -0.2) is 4.98 Å². The highest BCUT2D eigenvalue weighted by molar-refractivity contribution is 7.18. The number of nitrogens with one attached hydrogen (secondary N) is 1. The predicted octanol–water partition coefficient (Wildman–Crippen LogP) is 3.05. The molecule has 0 spiro atoms. The van der Waals surface area contributed by atoms with Crippen molar-refractivity contribution in [3.63, 3.8) is 0 Å². The molecule has 21 heavy (non-hydrogen) atoms. The average molecular weight is 310 g/mol. The number of rotatable bonds is 4. The van der Waals surface area contributed by atoms with Gasteiger partial charge in [0.2, 0.25) is 0 Å². The third-order valence-electron chi connectivity index (χ3n) is 4.03. The maximum Gasteiger partial charge on any atom is 0.267 e. The first-order valence-electron chi connectivity index (χ1n) is 7.70. The van der Waals surface area contributed by atoms with Gasteiger partial charge in [0, 0.05) is 19.1 Å². The van der Waals surface area contributed by atoms with Gasteiger partial charge in [-0.3, -0.25) is 4.79 Å². The zero-order chi connectivity index (χ0) is 15.6. The minimum Gasteiger partial charge on any atom is -0.382 e. The Hall–Kier alpha value is -1.30. The molecule has 1 aliphatic heterocycles. The first-order valence-corrected chi connectivity index (χ1v) is 8.52. The first kappa shape index (κ1) is 16.1. The molecule has 1 saturated heterocycles.